The van der Waals surface area contributed by atoms with E-state index in [0.29, 0.717) is 5.71 Å². The van der Waals surface area contributed by atoms with Crippen molar-refractivity contribution in [2.45, 2.75) is 6.92 Å². The lowest BCUT2D eigenvalue weighted by atomic mass is 10.1. The topological polar surface area (TPSA) is 82.9 Å². The van der Waals surface area contributed by atoms with E-state index in [4.69, 9.17) is 0 Å². The first-order valence-corrected chi connectivity index (χ1v) is 7.61. The summed E-state index contributed by atoms with van der Waals surface area (Å²) in [6.45, 7) is 1.63. The van der Waals surface area contributed by atoms with Gasteiger partial charge in [-0.05, 0) is 18.1 Å². The van der Waals surface area contributed by atoms with Gasteiger partial charge in [-0.2, -0.15) is 10.2 Å². The van der Waals surface area contributed by atoms with Crippen LogP contribution in [-0.2, 0) is 9.59 Å². The third kappa shape index (κ3) is 2.11. The summed E-state index contributed by atoms with van der Waals surface area (Å²) < 4.78 is 0. The van der Waals surface area contributed by atoms with Gasteiger partial charge in [0, 0.05) is 11.1 Å². The van der Waals surface area contributed by atoms with Crippen molar-refractivity contribution in [2.24, 2.45) is 16.1 Å². The van der Waals surface area contributed by atoms with Gasteiger partial charge in [0.15, 0.2) is 0 Å². The van der Waals surface area contributed by atoms with Gasteiger partial charge < -0.3 is 0 Å². The monoisotopic (exact) mass is 318 g/mol. The molecular weight excluding hydrogens is 304 g/mol. The van der Waals surface area contributed by atoms with Gasteiger partial charge in [0.2, 0.25) is 5.91 Å². The van der Waals surface area contributed by atoms with E-state index in [9.17, 15) is 9.59 Å². The highest BCUT2D eigenvalue weighted by Gasteiger charge is 2.31. The summed E-state index contributed by atoms with van der Waals surface area (Å²) in [6, 6.07) is 15.8. The van der Waals surface area contributed by atoms with Gasteiger partial charge in [-0.1, -0.05) is 48.5 Å². The van der Waals surface area contributed by atoms with Crippen molar-refractivity contribution in [3.63, 3.8) is 0 Å². The van der Waals surface area contributed by atoms with Crippen LogP contribution in [0.5, 0.6) is 0 Å². The summed E-state index contributed by atoms with van der Waals surface area (Å²) in [5.74, 6) is -1.34. The lowest BCUT2D eigenvalue weighted by molar-refractivity contribution is -0.122. The molecule has 2 amide bonds. The maximum absolute atomic E-state index is 12.2. The first-order valence-electron chi connectivity index (χ1n) is 7.61. The Bertz CT molecular complexity index is 883. The summed E-state index contributed by atoms with van der Waals surface area (Å²) in [5, 5.41) is 8.07. The van der Waals surface area contributed by atoms with Crippen molar-refractivity contribution < 1.29 is 9.59 Å². The molecule has 0 radical (unpaired) electrons. The molecule has 6 nitrogen and oxygen atoms in total. The van der Waals surface area contributed by atoms with E-state index in [1.807, 2.05) is 48.5 Å². The van der Waals surface area contributed by atoms with Crippen LogP contribution in [-0.4, -0.2) is 23.2 Å². The second-order valence-electron chi connectivity index (χ2n) is 5.69. The number of hydrogen-bond acceptors (Lipinski definition) is 4. The third-order valence-electron chi connectivity index (χ3n) is 4.25. The highest BCUT2D eigenvalue weighted by Crippen LogP contribution is 2.36. The highest BCUT2D eigenvalue weighted by molar-refractivity contribution is 6.44. The minimum Gasteiger partial charge on any atom is -0.272 e. The molecule has 2 aliphatic rings. The number of rotatable bonds is 2. The summed E-state index contributed by atoms with van der Waals surface area (Å²) in [5.41, 5.74) is 9.78. The van der Waals surface area contributed by atoms with E-state index in [1.165, 1.54) is 0 Å². The second-order valence-corrected chi connectivity index (χ2v) is 5.69. The molecular formula is C18H14N4O2. The molecule has 24 heavy (non-hydrogen) atoms. The Kier molecular flexibility index (Phi) is 3.23. The van der Waals surface area contributed by atoms with E-state index >= 15 is 0 Å². The predicted octanol–water partition coefficient (Wildman–Crippen LogP) is 1.66. The SMILES string of the molecule is C[C@@H]1C(=O)NN=C1C(=O)NN=C1c2ccccc2-c2ccccc21. The molecule has 0 saturated carbocycles. The Morgan fingerprint density at radius 2 is 1.58 bits per heavy atom. The Balaban J connectivity index is 1.68. The molecule has 0 spiro atoms. The normalized spacial score (nSPS) is 17.7. The molecule has 0 unspecified atom stereocenters. The fourth-order valence-corrected chi connectivity index (χ4v) is 2.96. The van der Waals surface area contributed by atoms with E-state index in [-0.39, 0.29) is 11.6 Å². The lowest BCUT2D eigenvalue weighted by Gasteiger charge is -2.05. The summed E-state index contributed by atoms with van der Waals surface area (Å²) in [4.78, 5) is 23.7. The number of carbonyl (C=O) groups excluding carboxylic acids is 2. The molecule has 1 atom stereocenters. The van der Waals surface area contributed by atoms with Crippen LogP contribution in [0.3, 0.4) is 0 Å². The Morgan fingerprint density at radius 1 is 1.04 bits per heavy atom. The fraction of sp³-hybridized carbons (Fsp3) is 0.111. The van der Waals surface area contributed by atoms with Crippen LogP contribution in [0.2, 0.25) is 0 Å². The molecule has 6 heteroatoms. The molecule has 0 saturated heterocycles. The van der Waals surface area contributed by atoms with Crippen molar-refractivity contribution in [2.75, 3.05) is 0 Å². The Morgan fingerprint density at radius 3 is 2.08 bits per heavy atom. The molecule has 2 aromatic rings. The summed E-state index contributed by atoms with van der Waals surface area (Å²) in [7, 11) is 0. The second kappa shape index (κ2) is 5.42. The number of fused-ring (bicyclic) bond motifs is 3. The zero-order chi connectivity index (χ0) is 16.7. The number of nitrogens with zero attached hydrogens (tertiary/aromatic N) is 2. The first-order chi connectivity index (χ1) is 11.7. The number of nitrogens with one attached hydrogen (secondary N) is 2. The van der Waals surface area contributed by atoms with Crippen LogP contribution in [0.4, 0.5) is 0 Å². The standard InChI is InChI=1S/C18H14N4O2/c1-10-15(19-21-17(10)23)18(24)22-20-16-13-8-4-2-6-11(13)12-7-3-5-9-14(12)16/h2-10H,1H3,(H,21,23)(H,22,24)/t10-/m0/s1. The molecule has 0 aromatic heterocycles. The quantitative estimate of drug-likeness (QED) is 0.704. The maximum atomic E-state index is 12.2. The zero-order valence-corrected chi connectivity index (χ0v) is 12.9. The third-order valence-corrected chi connectivity index (χ3v) is 4.25. The van der Waals surface area contributed by atoms with Crippen molar-refractivity contribution in [3.05, 3.63) is 59.7 Å². The van der Waals surface area contributed by atoms with Gasteiger partial charge in [0.25, 0.3) is 5.91 Å². The molecule has 0 fully saturated rings. The van der Waals surface area contributed by atoms with Crippen LogP contribution < -0.4 is 10.9 Å². The Hall–Kier alpha value is -3.28. The van der Waals surface area contributed by atoms with Crippen LogP contribution in [0.15, 0.2) is 58.7 Å². The van der Waals surface area contributed by atoms with Crippen LogP contribution >= 0.6 is 0 Å². The highest BCUT2D eigenvalue weighted by atomic mass is 16.2. The minimum absolute atomic E-state index is 0.143. The van der Waals surface area contributed by atoms with E-state index < -0.39 is 11.8 Å². The van der Waals surface area contributed by atoms with Gasteiger partial charge in [-0.15, -0.1) is 0 Å². The Labute approximate surface area is 138 Å². The first kappa shape index (κ1) is 14.3. The average molecular weight is 318 g/mol. The molecule has 4 rings (SSSR count). The summed E-state index contributed by atoms with van der Waals surface area (Å²) >= 11 is 0. The van der Waals surface area contributed by atoms with E-state index in [0.717, 1.165) is 22.3 Å². The maximum Gasteiger partial charge on any atom is 0.288 e. The van der Waals surface area contributed by atoms with Crippen molar-refractivity contribution in [3.8, 4) is 11.1 Å². The molecule has 118 valence electrons. The van der Waals surface area contributed by atoms with Gasteiger partial charge in [0.1, 0.15) is 5.71 Å². The van der Waals surface area contributed by atoms with Crippen molar-refractivity contribution in [1.82, 2.24) is 10.9 Å². The van der Waals surface area contributed by atoms with E-state index in [1.54, 1.807) is 6.92 Å². The fourth-order valence-electron chi connectivity index (χ4n) is 2.96. The van der Waals surface area contributed by atoms with E-state index in [2.05, 4.69) is 21.1 Å². The van der Waals surface area contributed by atoms with Gasteiger partial charge >= 0.3 is 0 Å². The number of carbonyl (C=O) groups is 2. The van der Waals surface area contributed by atoms with Crippen LogP contribution in [0.1, 0.15) is 18.1 Å². The number of amides is 2. The van der Waals surface area contributed by atoms with Crippen LogP contribution in [0.25, 0.3) is 11.1 Å². The number of hydrazone groups is 2. The average Bonchev–Trinajstić information content (AvgIpc) is 3.11. The molecule has 1 heterocycles. The molecule has 0 bridgehead atoms. The van der Waals surface area contributed by atoms with Crippen molar-refractivity contribution in [1.29, 1.82) is 0 Å². The predicted molar refractivity (Wildman–Crippen MR) is 90.4 cm³/mol. The van der Waals surface area contributed by atoms with Gasteiger partial charge in [-0.3, -0.25) is 9.59 Å². The number of hydrogen-bond donors (Lipinski definition) is 2. The molecule has 1 aliphatic carbocycles. The molecule has 2 aromatic carbocycles. The zero-order valence-electron chi connectivity index (χ0n) is 12.9. The molecule has 1 aliphatic heterocycles. The van der Waals surface area contributed by atoms with Gasteiger partial charge in [-0.25, -0.2) is 10.9 Å². The molecule has 2 N–H and O–H groups in total. The number of benzene rings is 2. The van der Waals surface area contributed by atoms with Crippen LogP contribution in [0, 0.1) is 5.92 Å². The van der Waals surface area contributed by atoms with Crippen molar-refractivity contribution >= 4 is 23.2 Å². The van der Waals surface area contributed by atoms with Gasteiger partial charge in [0.05, 0.1) is 11.6 Å². The smallest absolute Gasteiger partial charge is 0.272 e. The summed E-state index contributed by atoms with van der Waals surface area (Å²) in [6.07, 6.45) is 0. The minimum atomic E-state index is -0.576. The lowest BCUT2D eigenvalue weighted by Crippen LogP contribution is -2.32. The largest absolute Gasteiger partial charge is 0.288 e.